The number of amides is 2. The second-order valence-corrected chi connectivity index (χ2v) is 10.7. The number of rotatable bonds is 7. The van der Waals surface area contributed by atoms with Gasteiger partial charge in [0.1, 0.15) is 0 Å². The molecule has 1 aliphatic heterocycles. The lowest BCUT2D eigenvalue weighted by atomic mass is 10.1. The first-order valence-corrected chi connectivity index (χ1v) is 14.6. The van der Waals surface area contributed by atoms with Gasteiger partial charge in [-0.25, -0.2) is 9.97 Å². The van der Waals surface area contributed by atoms with Gasteiger partial charge in [0.05, 0.1) is 11.2 Å². The van der Waals surface area contributed by atoms with E-state index in [4.69, 9.17) is 9.97 Å². The first-order valence-electron chi connectivity index (χ1n) is 14.6. The number of nitrogens with zero attached hydrogens (tertiary/aromatic N) is 4. The van der Waals surface area contributed by atoms with Crippen LogP contribution < -0.4 is 10.6 Å². The standard InChI is InChI=1S/C35H34N6O2/c1-3-40-19-21-41(22-20-40)34(43)27-14-13-24(2)31(23-27)37-33(42)26-15-17-28(18-16-26)36-35-38-30-12-8-7-11-29(30)32(39-35)25-9-5-4-6-10-25/h4-18,23H,3,19-22H2,1-2H3,(H,37,42)(H,36,38,39). The molecule has 4 aromatic carbocycles. The number of aryl methyl sites for hydroxylation is 1. The van der Waals surface area contributed by atoms with E-state index in [1.807, 2.05) is 90.7 Å². The smallest absolute Gasteiger partial charge is 0.255 e. The number of aromatic nitrogens is 2. The Morgan fingerprint density at radius 2 is 1.49 bits per heavy atom. The fourth-order valence-corrected chi connectivity index (χ4v) is 5.32. The normalized spacial score (nSPS) is 13.6. The topological polar surface area (TPSA) is 90.5 Å². The van der Waals surface area contributed by atoms with Crippen LogP contribution in [0.5, 0.6) is 0 Å². The van der Waals surface area contributed by atoms with Crippen LogP contribution in [0.3, 0.4) is 0 Å². The number of hydrogen-bond acceptors (Lipinski definition) is 6. The van der Waals surface area contributed by atoms with Gasteiger partial charge in [0.2, 0.25) is 5.95 Å². The summed E-state index contributed by atoms with van der Waals surface area (Å²) in [5.74, 6) is 0.222. The number of carbonyl (C=O) groups excluding carboxylic acids is 2. The van der Waals surface area contributed by atoms with Gasteiger partial charge in [-0.3, -0.25) is 9.59 Å². The van der Waals surface area contributed by atoms with E-state index in [9.17, 15) is 9.59 Å². The fourth-order valence-electron chi connectivity index (χ4n) is 5.32. The summed E-state index contributed by atoms with van der Waals surface area (Å²) in [6, 6.07) is 30.6. The maximum atomic E-state index is 13.2. The van der Waals surface area contributed by atoms with Crippen molar-refractivity contribution in [3.8, 4) is 11.3 Å². The highest BCUT2D eigenvalue weighted by Gasteiger charge is 2.22. The quantitative estimate of drug-likeness (QED) is 0.236. The summed E-state index contributed by atoms with van der Waals surface area (Å²) in [6.45, 7) is 8.22. The van der Waals surface area contributed by atoms with E-state index in [2.05, 4.69) is 22.5 Å². The Bertz CT molecular complexity index is 1760. The Balaban J connectivity index is 1.16. The molecule has 216 valence electrons. The van der Waals surface area contributed by atoms with Crippen molar-refractivity contribution in [3.63, 3.8) is 0 Å². The molecule has 43 heavy (non-hydrogen) atoms. The average Bonchev–Trinajstić information content (AvgIpc) is 3.06. The fraction of sp³-hybridized carbons (Fsp3) is 0.200. The molecule has 1 aliphatic rings. The molecule has 0 radical (unpaired) electrons. The van der Waals surface area contributed by atoms with Gasteiger partial charge in [0, 0.05) is 59.6 Å². The molecular formula is C35H34N6O2. The van der Waals surface area contributed by atoms with Crippen LogP contribution in [0.4, 0.5) is 17.3 Å². The minimum absolute atomic E-state index is 0.00647. The lowest BCUT2D eigenvalue weighted by Crippen LogP contribution is -2.48. The van der Waals surface area contributed by atoms with Crippen LogP contribution in [-0.2, 0) is 0 Å². The monoisotopic (exact) mass is 570 g/mol. The maximum Gasteiger partial charge on any atom is 0.255 e. The molecule has 2 amide bonds. The van der Waals surface area contributed by atoms with Gasteiger partial charge >= 0.3 is 0 Å². The molecule has 6 rings (SSSR count). The van der Waals surface area contributed by atoms with Gasteiger partial charge in [-0.2, -0.15) is 0 Å². The van der Waals surface area contributed by atoms with Gasteiger partial charge in [-0.1, -0.05) is 61.5 Å². The third-order valence-corrected chi connectivity index (χ3v) is 7.89. The number of hydrogen-bond donors (Lipinski definition) is 2. The van der Waals surface area contributed by atoms with E-state index in [1.54, 1.807) is 18.2 Å². The number of carbonyl (C=O) groups is 2. The van der Waals surface area contributed by atoms with E-state index in [0.717, 1.165) is 53.0 Å². The zero-order chi connectivity index (χ0) is 29.8. The summed E-state index contributed by atoms with van der Waals surface area (Å²) in [4.78, 5) is 40.1. The molecule has 1 aromatic heterocycles. The molecule has 0 bridgehead atoms. The average molecular weight is 571 g/mol. The van der Waals surface area contributed by atoms with Crippen LogP contribution >= 0.6 is 0 Å². The highest BCUT2D eigenvalue weighted by molar-refractivity contribution is 6.06. The number of para-hydroxylation sites is 1. The van der Waals surface area contributed by atoms with E-state index >= 15 is 0 Å². The molecule has 2 heterocycles. The van der Waals surface area contributed by atoms with Crippen molar-refractivity contribution < 1.29 is 9.59 Å². The van der Waals surface area contributed by atoms with Gasteiger partial charge in [0.25, 0.3) is 11.8 Å². The van der Waals surface area contributed by atoms with Crippen LogP contribution in [-0.4, -0.2) is 64.3 Å². The highest BCUT2D eigenvalue weighted by Crippen LogP contribution is 2.28. The summed E-state index contributed by atoms with van der Waals surface area (Å²) in [5, 5.41) is 7.26. The predicted octanol–water partition coefficient (Wildman–Crippen LogP) is 6.38. The SMILES string of the molecule is CCN1CCN(C(=O)c2ccc(C)c(NC(=O)c3ccc(Nc4nc(-c5ccccc5)c5ccccc5n4)cc3)c2)CC1. The molecule has 8 heteroatoms. The Hall–Kier alpha value is -5.08. The molecule has 0 unspecified atom stereocenters. The maximum absolute atomic E-state index is 13.2. The zero-order valence-electron chi connectivity index (χ0n) is 24.4. The Morgan fingerprint density at radius 3 is 2.23 bits per heavy atom. The molecule has 1 fully saturated rings. The molecule has 0 saturated carbocycles. The summed E-state index contributed by atoms with van der Waals surface area (Å²) < 4.78 is 0. The Labute approximate surface area is 251 Å². The van der Waals surface area contributed by atoms with E-state index < -0.39 is 0 Å². The number of fused-ring (bicyclic) bond motifs is 1. The summed E-state index contributed by atoms with van der Waals surface area (Å²) in [7, 11) is 0. The van der Waals surface area contributed by atoms with Crippen molar-refractivity contribution in [2.24, 2.45) is 0 Å². The minimum atomic E-state index is -0.246. The molecule has 0 atom stereocenters. The van der Waals surface area contributed by atoms with E-state index in [-0.39, 0.29) is 11.8 Å². The minimum Gasteiger partial charge on any atom is -0.336 e. The number of nitrogens with one attached hydrogen (secondary N) is 2. The van der Waals surface area contributed by atoms with Crippen LogP contribution in [0, 0.1) is 6.92 Å². The second kappa shape index (κ2) is 12.4. The van der Waals surface area contributed by atoms with Crippen LogP contribution in [0.1, 0.15) is 33.2 Å². The molecule has 1 saturated heterocycles. The first-order chi connectivity index (χ1) is 21.0. The van der Waals surface area contributed by atoms with E-state index in [1.165, 1.54) is 0 Å². The molecule has 0 aliphatic carbocycles. The zero-order valence-corrected chi connectivity index (χ0v) is 24.4. The van der Waals surface area contributed by atoms with Crippen molar-refractivity contribution in [1.82, 2.24) is 19.8 Å². The van der Waals surface area contributed by atoms with Crippen molar-refractivity contribution in [3.05, 3.63) is 114 Å². The predicted molar refractivity (Wildman–Crippen MR) is 172 cm³/mol. The van der Waals surface area contributed by atoms with Crippen LogP contribution in [0.2, 0.25) is 0 Å². The highest BCUT2D eigenvalue weighted by atomic mass is 16.2. The first kappa shape index (κ1) is 28.1. The Kier molecular flexibility index (Phi) is 8.11. The summed E-state index contributed by atoms with van der Waals surface area (Å²) in [5.41, 5.74) is 6.06. The van der Waals surface area contributed by atoms with Crippen LogP contribution in [0.15, 0.2) is 97.1 Å². The lowest BCUT2D eigenvalue weighted by molar-refractivity contribution is 0.0643. The second-order valence-electron chi connectivity index (χ2n) is 10.7. The molecule has 5 aromatic rings. The van der Waals surface area contributed by atoms with Gasteiger partial charge in [-0.15, -0.1) is 0 Å². The number of likely N-dealkylation sites (N-methyl/N-ethyl adjacent to an activating group) is 1. The summed E-state index contributed by atoms with van der Waals surface area (Å²) >= 11 is 0. The third kappa shape index (κ3) is 6.24. The number of piperazine rings is 1. The van der Waals surface area contributed by atoms with Crippen molar-refractivity contribution in [1.29, 1.82) is 0 Å². The molecule has 2 N–H and O–H groups in total. The third-order valence-electron chi connectivity index (χ3n) is 7.89. The molecule has 0 spiro atoms. The largest absolute Gasteiger partial charge is 0.336 e. The van der Waals surface area contributed by atoms with Crippen molar-refractivity contribution in [2.75, 3.05) is 43.4 Å². The number of benzene rings is 4. The number of anilines is 3. The van der Waals surface area contributed by atoms with Gasteiger partial charge < -0.3 is 20.4 Å². The summed E-state index contributed by atoms with van der Waals surface area (Å²) in [6.07, 6.45) is 0. The Morgan fingerprint density at radius 1 is 0.791 bits per heavy atom. The van der Waals surface area contributed by atoms with Crippen molar-refractivity contribution >= 4 is 40.0 Å². The molecular weight excluding hydrogens is 536 g/mol. The van der Waals surface area contributed by atoms with Crippen molar-refractivity contribution in [2.45, 2.75) is 13.8 Å². The lowest BCUT2D eigenvalue weighted by Gasteiger charge is -2.34. The van der Waals surface area contributed by atoms with Gasteiger partial charge in [0.15, 0.2) is 0 Å². The van der Waals surface area contributed by atoms with E-state index in [0.29, 0.717) is 35.9 Å². The molecule has 8 nitrogen and oxygen atoms in total. The van der Waals surface area contributed by atoms with Gasteiger partial charge in [-0.05, 0) is 61.5 Å². The van der Waals surface area contributed by atoms with Crippen LogP contribution in [0.25, 0.3) is 22.2 Å².